The second-order valence-electron chi connectivity index (χ2n) is 3.79. The molecule has 0 bridgehead atoms. The van der Waals surface area contributed by atoms with Gasteiger partial charge in [0.05, 0.1) is 0 Å². The van der Waals surface area contributed by atoms with Gasteiger partial charge in [-0.25, -0.2) is 9.97 Å². The van der Waals surface area contributed by atoms with Crippen molar-refractivity contribution in [3.63, 3.8) is 0 Å². The molecule has 0 fully saturated rings. The Morgan fingerprint density at radius 1 is 1.21 bits per heavy atom. The molecule has 2 aromatic rings. The average Bonchev–Trinajstić information content (AvgIpc) is 2.42. The van der Waals surface area contributed by atoms with E-state index in [4.69, 9.17) is 5.26 Å². The Balaban J connectivity index is 1.91. The first-order chi connectivity index (χ1) is 9.29. The lowest BCUT2D eigenvalue weighted by molar-refractivity contribution is 0.994. The van der Waals surface area contributed by atoms with Gasteiger partial charge < -0.3 is 5.32 Å². The summed E-state index contributed by atoms with van der Waals surface area (Å²) in [5, 5.41) is 14.2. The number of nitrogens with one attached hydrogen (secondary N) is 2. The van der Waals surface area contributed by atoms with E-state index in [0.717, 1.165) is 17.4 Å². The van der Waals surface area contributed by atoms with E-state index in [1.807, 2.05) is 24.4 Å². The lowest BCUT2D eigenvalue weighted by Crippen LogP contribution is -2.07. The number of aromatic nitrogens is 2. The molecule has 1 aromatic heterocycles. The van der Waals surface area contributed by atoms with Crippen molar-refractivity contribution in [3.8, 4) is 6.19 Å². The van der Waals surface area contributed by atoms with Crippen molar-refractivity contribution in [2.24, 2.45) is 0 Å². The van der Waals surface area contributed by atoms with Crippen molar-refractivity contribution in [2.75, 3.05) is 17.2 Å². The van der Waals surface area contributed by atoms with Crippen molar-refractivity contribution in [3.05, 3.63) is 46.7 Å². The largest absolute Gasteiger partial charge is 0.370 e. The topological polar surface area (TPSA) is 73.6 Å². The monoisotopic (exact) mass is 317 g/mol. The van der Waals surface area contributed by atoms with E-state index in [1.54, 1.807) is 6.07 Å². The van der Waals surface area contributed by atoms with E-state index in [2.05, 4.69) is 42.6 Å². The SMILES string of the molecule is N#CNc1cc(NCCc2ccccc2Br)ncn1. The van der Waals surface area contributed by atoms with E-state index in [-0.39, 0.29) is 0 Å². The van der Waals surface area contributed by atoms with Gasteiger partial charge in [0.2, 0.25) is 0 Å². The minimum atomic E-state index is 0.487. The van der Waals surface area contributed by atoms with Crippen LogP contribution in [0, 0.1) is 11.5 Å². The van der Waals surface area contributed by atoms with Gasteiger partial charge in [-0.2, -0.15) is 5.26 Å². The minimum absolute atomic E-state index is 0.487. The highest BCUT2D eigenvalue weighted by Gasteiger charge is 2.00. The molecule has 0 aliphatic carbocycles. The normalized spacial score (nSPS) is 9.68. The summed E-state index contributed by atoms with van der Waals surface area (Å²) in [6, 6.07) is 9.80. The molecule has 2 rings (SSSR count). The number of halogens is 1. The zero-order valence-corrected chi connectivity index (χ0v) is 11.7. The van der Waals surface area contributed by atoms with E-state index >= 15 is 0 Å². The Kier molecular flexibility index (Phi) is 4.70. The van der Waals surface area contributed by atoms with Crippen LogP contribution in [0.5, 0.6) is 0 Å². The molecular weight excluding hydrogens is 306 g/mol. The van der Waals surface area contributed by atoms with Gasteiger partial charge >= 0.3 is 0 Å². The highest BCUT2D eigenvalue weighted by atomic mass is 79.9. The maximum Gasteiger partial charge on any atom is 0.182 e. The number of nitrogens with zero attached hydrogens (tertiary/aromatic N) is 3. The molecule has 96 valence electrons. The molecule has 19 heavy (non-hydrogen) atoms. The van der Waals surface area contributed by atoms with Crippen LogP contribution in [-0.2, 0) is 6.42 Å². The van der Waals surface area contributed by atoms with Crippen molar-refractivity contribution < 1.29 is 0 Å². The van der Waals surface area contributed by atoms with Gasteiger partial charge in [0.1, 0.15) is 18.0 Å². The molecule has 0 unspecified atom stereocenters. The summed E-state index contributed by atoms with van der Waals surface area (Å²) in [5.74, 6) is 1.18. The average molecular weight is 318 g/mol. The number of rotatable bonds is 5. The number of anilines is 2. The number of hydrogen-bond acceptors (Lipinski definition) is 5. The zero-order chi connectivity index (χ0) is 13.5. The van der Waals surface area contributed by atoms with Crippen LogP contribution in [0.25, 0.3) is 0 Å². The lowest BCUT2D eigenvalue weighted by Gasteiger charge is -2.07. The molecule has 0 aliphatic heterocycles. The van der Waals surface area contributed by atoms with Crippen LogP contribution in [0.15, 0.2) is 41.1 Å². The van der Waals surface area contributed by atoms with Gasteiger partial charge in [-0.1, -0.05) is 34.1 Å². The Hall–Kier alpha value is -2.13. The van der Waals surface area contributed by atoms with Crippen LogP contribution < -0.4 is 10.6 Å². The van der Waals surface area contributed by atoms with Crippen LogP contribution >= 0.6 is 15.9 Å². The van der Waals surface area contributed by atoms with Crippen molar-refractivity contribution >= 4 is 27.6 Å². The summed E-state index contributed by atoms with van der Waals surface area (Å²) >= 11 is 3.52. The first-order valence-electron chi connectivity index (χ1n) is 5.74. The maximum atomic E-state index is 8.52. The summed E-state index contributed by atoms with van der Waals surface area (Å²) in [7, 11) is 0. The van der Waals surface area contributed by atoms with Gasteiger partial charge in [0, 0.05) is 17.1 Å². The summed E-state index contributed by atoms with van der Waals surface area (Å²) in [6.07, 6.45) is 4.12. The van der Waals surface area contributed by atoms with Crippen LogP contribution in [-0.4, -0.2) is 16.5 Å². The number of benzene rings is 1. The fraction of sp³-hybridized carbons (Fsp3) is 0.154. The molecule has 0 saturated heterocycles. The lowest BCUT2D eigenvalue weighted by atomic mass is 10.1. The Labute approximate surface area is 119 Å². The first-order valence-corrected chi connectivity index (χ1v) is 6.53. The van der Waals surface area contributed by atoms with Gasteiger partial charge in [-0.3, -0.25) is 5.32 Å². The molecule has 1 heterocycles. The van der Waals surface area contributed by atoms with Crippen LogP contribution in [0.3, 0.4) is 0 Å². The van der Waals surface area contributed by atoms with Gasteiger partial charge in [0.15, 0.2) is 6.19 Å². The summed E-state index contributed by atoms with van der Waals surface area (Å²) < 4.78 is 1.10. The van der Waals surface area contributed by atoms with Crippen molar-refractivity contribution in [1.82, 2.24) is 9.97 Å². The van der Waals surface area contributed by atoms with Gasteiger partial charge in [-0.05, 0) is 18.1 Å². The highest BCUT2D eigenvalue weighted by molar-refractivity contribution is 9.10. The third-order valence-electron chi connectivity index (χ3n) is 2.51. The van der Waals surface area contributed by atoms with E-state index in [0.29, 0.717) is 11.6 Å². The van der Waals surface area contributed by atoms with Crippen molar-refractivity contribution in [2.45, 2.75) is 6.42 Å². The Morgan fingerprint density at radius 3 is 2.79 bits per heavy atom. The molecule has 1 aromatic carbocycles. The van der Waals surface area contributed by atoms with Crippen LogP contribution in [0.1, 0.15) is 5.56 Å². The molecule has 0 aliphatic rings. The number of hydrogen-bond donors (Lipinski definition) is 2. The fourth-order valence-electron chi connectivity index (χ4n) is 1.61. The fourth-order valence-corrected chi connectivity index (χ4v) is 2.09. The number of nitriles is 1. The summed E-state index contributed by atoms with van der Waals surface area (Å²) in [6.45, 7) is 0.756. The molecule has 0 radical (unpaired) electrons. The van der Waals surface area contributed by atoms with E-state index < -0.39 is 0 Å². The smallest absolute Gasteiger partial charge is 0.182 e. The van der Waals surface area contributed by atoms with Crippen LogP contribution in [0.4, 0.5) is 11.6 Å². The molecular formula is C13H12BrN5. The van der Waals surface area contributed by atoms with E-state index in [9.17, 15) is 0 Å². The summed E-state index contributed by atoms with van der Waals surface area (Å²) in [4.78, 5) is 8.01. The molecule has 2 N–H and O–H groups in total. The molecule has 6 heteroatoms. The highest BCUT2D eigenvalue weighted by Crippen LogP contribution is 2.16. The Morgan fingerprint density at radius 2 is 2.00 bits per heavy atom. The van der Waals surface area contributed by atoms with Crippen LogP contribution in [0.2, 0.25) is 0 Å². The second kappa shape index (κ2) is 6.71. The summed E-state index contributed by atoms with van der Waals surface area (Å²) in [5.41, 5.74) is 1.24. The molecule has 5 nitrogen and oxygen atoms in total. The quantitative estimate of drug-likeness (QED) is 0.655. The first kappa shape index (κ1) is 13.3. The predicted molar refractivity (Wildman–Crippen MR) is 77.6 cm³/mol. The predicted octanol–water partition coefficient (Wildman–Crippen LogP) is 2.79. The third kappa shape index (κ3) is 3.93. The van der Waals surface area contributed by atoms with Gasteiger partial charge in [0.25, 0.3) is 0 Å². The molecule has 0 amide bonds. The molecule has 0 saturated carbocycles. The molecule has 0 atom stereocenters. The zero-order valence-electron chi connectivity index (χ0n) is 10.1. The van der Waals surface area contributed by atoms with Crippen molar-refractivity contribution in [1.29, 1.82) is 5.26 Å². The minimum Gasteiger partial charge on any atom is -0.370 e. The third-order valence-corrected chi connectivity index (χ3v) is 3.28. The van der Waals surface area contributed by atoms with Gasteiger partial charge in [-0.15, -0.1) is 0 Å². The standard InChI is InChI=1S/C13H12BrN5/c14-11-4-2-1-3-10(11)5-6-16-12-7-13(17-8-15)19-9-18-12/h1-4,7,9H,5-6H2,(H2,16,17,18,19). The maximum absolute atomic E-state index is 8.52. The van der Waals surface area contributed by atoms with E-state index in [1.165, 1.54) is 11.9 Å². The molecule has 0 spiro atoms. The second-order valence-corrected chi connectivity index (χ2v) is 4.65. The Bertz CT molecular complexity index is 594.